The smallest absolute Gasteiger partial charge is 0.232 e. The van der Waals surface area contributed by atoms with Crippen molar-refractivity contribution in [1.82, 2.24) is 15.3 Å². The van der Waals surface area contributed by atoms with Crippen LogP contribution in [0.15, 0.2) is 36.4 Å². The van der Waals surface area contributed by atoms with E-state index in [-0.39, 0.29) is 5.41 Å². The lowest BCUT2D eigenvalue weighted by Gasteiger charge is -2.38. The van der Waals surface area contributed by atoms with E-state index in [2.05, 4.69) is 70.7 Å². The highest BCUT2D eigenvalue weighted by Gasteiger charge is 2.34. The Morgan fingerprint density at radius 2 is 1.51 bits per heavy atom. The van der Waals surface area contributed by atoms with Gasteiger partial charge in [-0.05, 0) is 68.1 Å². The van der Waals surface area contributed by atoms with E-state index in [1.165, 1.54) is 63.4 Å². The molecule has 1 aromatic carbocycles. The normalized spacial score (nSPS) is 23.9. The summed E-state index contributed by atoms with van der Waals surface area (Å²) in [5.41, 5.74) is 1.55. The van der Waals surface area contributed by atoms with Crippen molar-refractivity contribution in [1.29, 1.82) is 0 Å². The number of thiocarbonyl (C=S) groups is 1. The second kappa shape index (κ2) is 12.0. The summed E-state index contributed by atoms with van der Waals surface area (Å²) < 4.78 is 0. The number of aromatic nitrogens is 2. The van der Waals surface area contributed by atoms with Gasteiger partial charge in [0.2, 0.25) is 5.95 Å². The highest BCUT2D eigenvalue weighted by Crippen LogP contribution is 2.39. The Labute approximate surface area is 228 Å². The molecular formula is C30H44N6S. The van der Waals surface area contributed by atoms with E-state index >= 15 is 0 Å². The Bertz CT molecular complexity index is 1020. The summed E-state index contributed by atoms with van der Waals surface area (Å²) in [6.07, 6.45) is 11.3. The maximum absolute atomic E-state index is 5.81. The van der Waals surface area contributed by atoms with E-state index < -0.39 is 0 Å². The van der Waals surface area contributed by atoms with Crippen LogP contribution < -0.4 is 20.4 Å². The third kappa shape index (κ3) is 6.54. The standard InChI is InChI=1S/C30H44N6S/c1-23-18-24(2)21-36(20-23)27-19-26(35-16-10-5-11-17-35)32-28(33-27)34-29(37)31-22-30(14-8-4-9-15-30)25-12-6-3-7-13-25/h3,6-7,12-13,19,23-24H,4-5,8-11,14-18,20-22H2,1-2H3,(H2,31,32,33,34,37)/t23-,24-/m1/s1. The van der Waals surface area contributed by atoms with Crippen LogP contribution in [0.4, 0.5) is 17.6 Å². The molecule has 0 amide bonds. The quantitative estimate of drug-likeness (QED) is 0.444. The molecule has 2 aromatic rings. The van der Waals surface area contributed by atoms with Crippen LogP contribution in [-0.2, 0) is 5.41 Å². The second-order valence-electron chi connectivity index (χ2n) is 11.8. The second-order valence-corrected chi connectivity index (χ2v) is 12.2. The summed E-state index contributed by atoms with van der Waals surface area (Å²) in [5, 5.41) is 7.56. The van der Waals surface area contributed by atoms with Crippen molar-refractivity contribution in [2.45, 2.75) is 77.0 Å². The number of rotatable bonds is 6. The summed E-state index contributed by atoms with van der Waals surface area (Å²) >= 11 is 5.81. The van der Waals surface area contributed by atoms with Gasteiger partial charge in [0.15, 0.2) is 5.11 Å². The van der Waals surface area contributed by atoms with Gasteiger partial charge in [0, 0.05) is 44.2 Å². The van der Waals surface area contributed by atoms with Crippen molar-refractivity contribution in [3.63, 3.8) is 0 Å². The first-order valence-corrected chi connectivity index (χ1v) is 14.9. The summed E-state index contributed by atoms with van der Waals surface area (Å²) in [7, 11) is 0. The minimum atomic E-state index is 0.132. The van der Waals surface area contributed by atoms with Crippen molar-refractivity contribution >= 4 is 34.9 Å². The fourth-order valence-electron chi connectivity index (χ4n) is 6.76. The first-order chi connectivity index (χ1) is 18.0. The molecule has 2 saturated heterocycles. The van der Waals surface area contributed by atoms with E-state index in [0.717, 1.165) is 44.4 Å². The van der Waals surface area contributed by atoms with Gasteiger partial charge in [-0.15, -0.1) is 0 Å². The molecule has 2 aliphatic heterocycles. The molecule has 0 unspecified atom stereocenters. The number of nitrogens with zero attached hydrogens (tertiary/aromatic N) is 4. The summed E-state index contributed by atoms with van der Waals surface area (Å²) in [6, 6.07) is 13.2. The van der Waals surface area contributed by atoms with Gasteiger partial charge < -0.3 is 20.4 Å². The molecule has 2 N–H and O–H groups in total. The third-order valence-electron chi connectivity index (χ3n) is 8.58. The highest BCUT2D eigenvalue weighted by molar-refractivity contribution is 7.80. The first-order valence-electron chi connectivity index (χ1n) is 14.5. The number of hydrogen-bond acceptors (Lipinski definition) is 5. The lowest BCUT2D eigenvalue weighted by Crippen LogP contribution is -2.44. The molecule has 6 nitrogen and oxygen atoms in total. The van der Waals surface area contributed by atoms with E-state index in [1.54, 1.807) is 0 Å². The van der Waals surface area contributed by atoms with Gasteiger partial charge in [0.1, 0.15) is 11.6 Å². The summed E-state index contributed by atoms with van der Waals surface area (Å²) in [5.74, 6) is 3.99. The van der Waals surface area contributed by atoms with Gasteiger partial charge >= 0.3 is 0 Å². The maximum atomic E-state index is 5.81. The van der Waals surface area contributed by atoms with E-state index in [9.17, 15) is 0 Å². The van der Waals surface area contributed by atoms with Crippen LogP contribution in [0.3, 0.4) is 0 Å². The van der Waals surface area contributed by atoms with Crippen molar-refractivity contribution in [2.75, 3.05) is 47.8 Å². The molecule has 37 heavy (non-hydrogen) atoms. The highest BCUT2D eigenvalue weighted by atomic mass is 32.1. The molecule has 3 heterocycles. The van der Waals surface area contributed by atoms with Crippen molar-refractivity contribution in [3.8, 4) is 0 Å². The van der Waals surface area contributed by atoms with Crippen LogP contribution in [0.1, 0.15) is 77.2 Å². The molecule has 5 rings (SSSR count). The van der Waals surface area contributed by atoms with Gasteiger partial charge in [0.05, 0.1) is 0 Å². The average molecular weight is 521 g/mol. The topological polar surface area (TPSA) is 56.3 Å². The van der Waals surface area contributed by atoms with Gasteiger partial charge in [-0.2, -0.15) is 9.97 Å². The fourth-order valence-corrected chi connectivity index (χ4v) is 6.92. The largest absolute Gasteiger partial charge is 0.361 e. The van der Waals surface area contributed by atoms with Crippen LogP contribution in [0.5, 0.6) is 0 Å². The molecule has 0 bridgehead atoms. The molecule has 1 saturated carbocycles. The Balaban J connectivity index is 1.33. The first kappa shape index (κ1) is 26.2. The zero-order valence-corrected chi connectivity index (χ0v) is 23.5. The van der Waals surface area contributed by atoms with Crippen LogP contribution in [0.25, 0.3) is 0 Å². The Morgan fingerprint density at radius 1 is 0.892 bits per heavy atom. The molecule has 0 spiro atoms. The summed E-state index contributed by atoms with van der Waals surface area (Å²) in [6.45, 7) is 9.74. The Morgan fingerprint density at radius 3 is 2.19 bits per heavy atom. The van der Waals surface area contributed by atoms with Crippen LogP contribution in [0, 0.1) is 11.8 Å². The number of benzene rings is 1. The fraction of sp³-hybridized carbons (Fsp3) is 0.633. The van der Waals surface area contributed by atoms with Gasteiger partial charge in [-0.25, -0.2) is 0 Å². The molecule has 3 fully saturated rings. The number of anilines is 3. The minimum Gasteiger partial charge on any atom is -0.361 e. The van der Waals surface area contributed by atoms with E-state index in [0.29, 0.717) is 22.9 Å². The zero-order valence-electron chi connectivity index (χ0n) is 22.7. The molecule has 200 valence electrons. The molecular weight excluding hydrogens is 476 g/mol. The van der Waals surface area contributed by atoms with Gasteiger partial charge in [-0.3, -0.25) is 0 Å². The lowest BCUT2D eigenvalue weighted by molar-refractivity contribution is 0.292. The number of piperidine rings is 2. The Hall–Kier alpha value is -2.41. The van der Waals surface area contributed by atoms with Crippen LogP contribution in [0.2, 0.25) is 0 Å². The monoisotopic (exact) mass is 520 g/mol. The molecule has 2 atom stereocenters. The van der Waals surface area contributed by atoms with Gasteiger partial charge in [-0.1, -0.05) is 63.4 Å². The Kier molecular flexibility index (Phi) is 8.48. The number of nitrogens with one attached hydrogen (secondary N) is 2. The zero-order chi connectivity index (χ0) is 25.7. The van der Waals surface area contributed by atoms with Crippen molar-refractivity contribution in [2.24, 2.45) is 11.8 Å². The molecule has 1 aliphatic carbocycles. The maximum Gasteiger partial charge on any atom is 0.232 e. The van der Waals surface area contributed by atoms with E-state index in [1.807, 2.05) is 0 Å². The average Bonchev–Trinajstić information content (AvgIpc) is 2.93. The molecule has 7 heteroatoms. The van der Waals surface area contributed by atoms with Crippen molar-refractivity contribution in [3.05, 3.63) is 42.0 Å². The predicted octanol–water partition coefficient (Wildman–Crippen LogP) is 6.14. The van der Waals surface area contributed by atoms with Crippen LogP contribution >= 0.6 is 12.2 Å². The van der Waals surface area contributed by atoms with Crippen molar-refractivity contribution < 1.29 is 0 Å². The SMILES string of the molecule is C[C@@H]1C[C@@H](C)CN(c2cc(N3CCCCC3)nc(NC(=S)NCC3(c4ccccc4)CCCCC3)n2)C1. The van der Waals surface area contributed by atoms with Gasteiger partial charge in [0.25, 0.3) is 0 Å². The summed E-state index contributed by atoms with van der Waals surface area (Å²) in [4.78, 5) is 14.8. The molecule has 3 aliphatic rings. The number of hydrogen-bond donors (Lipinski definition) is 2. The molecule has 0 radical (unpaired) electrons. The minimum absolute atomic E-state index is 0.132. The van der Waals surface area contributed by atoms with Crippen LogP contribution in [-0.4, -0.2) is 47.8 Å². The van der Waals surface area contributed by atoms with E-state index in [4.69, 9.17) is 22.2 Å². The predicted molar refractivity (Wildman–Crippen MR) is 159 cm³/mol. The molecule has 1 aromatic heterocycles. The third-order valence-corrected chi connectivity index (χ3v) is 8.83. The lowest BCUT2D eigenvalue weighted by atomic mass is 9.69.